The highest BCUT2D eigenvalue weighted by Gasteiger charge is 2.09. The number of H-pyrrole nitrogens is 1. The monoisotopic (exact) mass is 225 g/mol. The van der Waals surface area contributed by atoms with Gasteiger partial charge in [-0.15, -0.1) is 0 Å². The summed E-state index contributed by atoms with van der Waals surface area (Å²) in [4.78, 5) is 23.4. The molecule has 0 saturated heterocycles. The molecule has 5 nitrogen and oxygen atoms in total. The topological polar surface area (TPSA) is 66.9 Å². The van der Waals surface area contributed by atoms with E-state index in [2.05, 4.69) is 10.4 Å². The highest BCUT2D eigenvalue weighted by Crippen LogP contribution is 1.96. The van der Waals surface area contributed by atoms with Crippen molar-refractivity contribution in [2.45, 2.75) is 27.3 Å². The molecule has 0 aliphatic heterocycles. The van der Waals surface area contributed by atoms with Gasteiger partial charge >= 0.3 is 0 Å². The van der Waals surface area contributed by atoms with Gasteiger partial charge in [-0.3, -0.25) is 14.7 Å². The van der Waals surface area contributed by atoms with E-state index >= 15 is 0 Å². The van der Waals surface area contributed by atoms with Crippen molar-refractivity contribution in [2.75, 3.05) is 13.6 Å². The molecule has 0 radical (unpaired) electrons. The molecule has 0 fully saturated rings. The Bertz CT molecular complexity index is 473. The Labute approximate surface area is 94.5 Å². The van der Waals surface area contributed by atoms with Gasteiger partial charge in [0, 0.05) is 17.7 Å². The third-order valence-corrected chi connectivity index (χ3v) is 2.75. The minimum absolute atomic E-state index is 0.111. The van der Waals surface area contributed by atoms with Crippen molar-refractivity contribution < 1.29 is 0 Å². The van der Waals surface area contributed by atoms with Gasteiger partial charge in [-0.1, -0.05) is 6.92 Å². The van der Waals surface area contributed by atoms with Gasteiger partial charge in [-0.05, 0) is 33.4 Å². The van der Waals surface area contributed by atoms with Gasteiger partial charge in [0.1, 0.15) is 0 Å². The molecule has 0 amide bonds. The number of rotatable bonds is 4. The Morgan fingerprint density at radius 3 is 2.50 bits per heavy atom. The molecule has 1 heterocycles. The van der Waals surface area contributed by atoms with Crippen LogP contribution in [0.3, 0.4) is 0 Å². The molecule has 0 aromatic carbocycles. The Morgan fingerprint density at radius 1 is 1.31 bits per heavy atom. The fourth-order valence-corrected chi connectivity index (χ4v) is 1.64. The van der Waals surface area contributed by atoms with E-state index in [1.807, 2.05) is 14.0 Å². The largest absolute Gasteiger partial charge is 0.319 e. The van der Waals surface area contributed by atoms with Crippen molar-refractivity contribution in [1.29, 1.82) is 0 Å². The average molecular weight is 225 g/mol. The summed E-state index contributed by atoms with van der Waals surface area (Å²) in [6.45, 7) is 6.71. The van der Waals surface area contributed by atoms with Gasteiger partial charge in [0.25, 0.3) is 11.1 Å². The molecule has 0 aliphatic rings. The third kappa shape index (κ3) is 2.61. The number of nitrogens with one attached hydrogen (secondary N) is 2. The first kappa shape index (κ1) is 12.7. The second-order valence-corrected chi connectivity index (χ2v) is 4.27. The summed E-state index contributed by atoms with van der Waals surface area (Å²) in [5, 5.41) is 5.64. The Hall–Kier alpha value is -1.36. The fraction of sp³-hybridized carbons (Fsp3) is 0.636. The van der Waals surface area contributed by atoms with Gasteiger partial charge in [0.2, 0.25) is 0 Å². The van der Waals surface area contributed by atoms with Crippen molar-refractivity contribution in [1.82, 2.24) is 15.1 Å². The quantitative estimate of drug-likeness (QED) is 0.758. The van der Waals surface area contributed by atoms with Crippen molar-refractivity contribution >= 4 is 0 Å². The Morgan fingerprint density at radius 2 is 1.94 bits per heavy atom. The number of hydrogen-bond acceptors (Lipinski definition) is 3. The van der Waals surface area contributed by atoms with E-state index in [1.165, 1.54) is 4.68 Å². The lowest BCUT2D eigenvalue weighted by atomic mass is 10.1. The lowest BCUT2D eigenvalue weighted by molar-refractivity contribution is 0.417. The summed E-state index contributed by atoms with van der Waals surface area (Å²) >= 11 is 0. The van der Waals surface area contributed by atoms with E-state index in [0.29, 0.717) is 23.6 Å². The van der Waals surface area contributed by atoms with Crippen LogP contribution in [-0.2, 0) is 6.54 Å². The minimum atomic E-state index is -0.186. The third-order valence-electron chi connectivity index (χ3n) is 2.75. The SMILES string of the molecule is CNCC(C)Cn1[nH]c(=O)c(C)c(C)c1=O. The van der Waals surface area contributed by atoms with Crippen molar-refractivity contribution in [3.05, 3.63) is 31.8 Å². The molecular formula is C11H19N3O2. The Balaban J connectivity index is 3.07. The van der Waals surface area contributed by atoms with E-state index in [0.717, 1.165) is 6.54 Å². The van der Waals surface area contributed by atoms with Crippen LogP contribution in [0, 0.1) is 19.8 Å². The minimum Gasteiger partial charge on any atom is -0.319 e. The summed E-state index contributed by atoms with van der Waals surface area (Å²) < 4.78 is 1.40. The first-order valence-corrected chi connectivity index (χ1v) is 5.42. The molecule has 90 valence electrons. The second-order valence-electron chi connectivity index (χ2n) is 4.27. The molecule has 16 heavy (non-hydrogen) atoms. The first-order chi connectivity index (χ1) is 7.47. The maximum Gasteiger partial charge on any atom is 0.268 e. The first-order valence-electron chi connectivity index (χ1n) is 5.42. The van der Waals surface area contributed by atoms with Gasteiger partial charge in [-0.2, -0.15) is 0 Å². The second kappa shape index (κ2) is 5.12. The van der Waals surface area contributed by atoms with Crippen LogP contribution in [0.1, 0.15) is 18.1 Å². The molecule has 1 atom stereocenters. The molecular weight excluding hydrogens is 206 g/mol. The smallest absolute Gasteiger partial charge is 0.268 e. The normalized spacial score (nSPS) is 12.8. The molecule has 0 aliphatic carbocycles. The molecule has 1 aromatic rings. The van der Waals surface area contributed by atoms with Crippen LogP contribution in [0.2, 0.25) is 0 Å². The summed E-state index contributed by atoms with van der Waals surface area (Å²) in [7, 11) is 1.86. The molecule has 5 heteroatoms. The molecule has 2 N–H and O–H groups in total. The van der Waals surface area contributed by atoms with Crippen LogP contribution in [-0.4, -0.2) is 23.4 Å². The van der Waals surface area contributed by atoms with Crippen molar-refractivity contribution in [2.24, 2.45) is 5.92 Å². The predicted molar refractivity (Wildman–Crippen MR) is 63.9 cm³/mol. The molecule has 1 aromatic heterocycles. The van der Waals surface area contributed by atoms with Gasteiger partial charge in [0.05, 0.1) is 0 Å². The molecule has 0 saturated carbocycles. The number of aromatic nitrogens is 2. The lowest BCUT2D eigenvalue weighted by Crippen LogP contribution is -2.36. The molecule has 0 bridgehead atoms. The predicted octanol–water partition coefficient (Wildman–Crippen LogP) is 0.00894. The van der Waals surface area contributed by atoms with Crippen molar-refractivity contribution in [3.63, 3.8) is 0 Å². The molecule has 1 unspecified atom stereocenters. The number of nitrogens with zero attached hydrogens (tertiary/aromatic N) is 1. The average Bonchev–Trinajstić information content (AvgIpc) is 2.23. The summed E-state index contributed by atoms with van der Waals surface area (Å²) in [6, 6.07) is 0. The van der Waals surface area contributed by atoms with Crippen molar-refractivity contribution in [3.8, 4) is 0 Å². The summed E-state index contributed by atoms with van der Waals surface area (Å²) in [5.74, 6) is 0.292. The van der Waals surface area contributed by atoms with Crippen LogP contribution in [0.4, 0.5) is 0 Å². The van der Waals surface area contributed by atoms with E-state index in [4.69, 9.17) is 0 Å². The molecule has 0 spiro atoms. The lowest BCUT2D eigenvalue weighted by Gasteiger charge is -2.13. The zero-order valence-corrected chi connectivity index (χ0v) is 10.3. The maximum absolute atomic E-state index is 11.9. The summed E-state index contributed by atoms with van der Waals surface area (Å²) in [5.41, 5.74) is 0.733. The maximum atomic E-state index is 11.9. The number of hydrogen-bond donors (Lipinski definition) is 2. The van der Waals surface area contributed by atoms with Crippen LogP contribution in [0.25, 0.3) is 0 Å². The zero-order chi connectivity index (χ0) is 12.3. The van der Waals surface area contributed by atoms with Gasteiger partial charge in [-0.25, -0.2) is 4.68 Å². The highest BCUT2D eigenvalue weighted by atomic mass is 16.2. The standard InChI is InChI=1S/C11H19N3O2/c1-7(5-12-4)6-14-11(16)9(3)8(2)10(15)13-14/h7,12H,5-6H2,1-4H3,(H,13,15). The van der Waals surface area contributed by atoms with Gasteiger partial charge < -0.3 is 5.32 Å². The van der Waals surface area contributed by atoms with E-state index < -0.39 is 0 Å². The van der Waals surface area contributed by atoms with E-state index in [9.17, 15) is 9.59 Å². The highest BCUT2D eigenvalue weighted by molar-refractivity contribution is 5.17. The van der Waals surface area contributed by atoms with Gasteiger partial charge in [0.15, 0.2) is 0 Å². The van der Waals surface area contributed by atoms with Crippen LogP contribution < -0.4 is 16.4 Å². The van der Waals surface area contributed by atoms with Crippen LogP contribution in [0.15, 0.2) is 9.59 Å². The number of aromatic amines is 1. The van der Waals surface area contributed by atoms with E-state index in [1.54, 1.807) is 13.8 Å². The zero-order valence-electron chi connectivity index (χ0n) is 10.3. The fourth-order valence-electron chi connectivity index (χ4n) is 1.64. The van der Waals surface area contributed by atoms with E-state index in [-0.39, 0.29) is 11.1 Å². The summed E-state index contributed by atoms with van der Waals surface area (Å²) in [6.07, 6.45) is 0. The van der Waals surface area contributed by atoms with Crippen LogP contribution in [0.5, 0.6) is 0 Å². The van der Waals surface area contributed by atoms with Crippen LogP contribution >= 0.6 is 0 Å². The Kier molecular flexibility index (Phi) is 4.06. The molecule has 1 rings (SSSR count).